The third kappa shape index (κ3) is 10.6. The van der Waals surface area contributed by atoms with Gasteiger partial charge in [0.1, 0.15) is 5.75 Å². The summed E-state index contributed by atoms with van der Waals surface area (Å²) in [5.74, 6) is -4.19. The fourth-order valence-corrected chi connectivity index (χ4v) is 6.40. The van der Waals surface area contributed by atoms with E-state index in [2.05, 4.69) is 0 Å². The molecule has 0 bridgehead atoms. The Balaban J connectivity index is 1.93. The molecule has 4 aromatic rings. The number of nitrogens with zero attached hydrogens (tertiary/aromatic N) is 3. The van der Waals surface area contributed by atoms with Crippen molar-refractivity contribution in [3.63, 3.8) is 0 Å². The number of carbonyl (C=O) groups excluding carboxylic acids is 4. The average molecular weight is 832 g/mol. The molecule has 0 aliphatic rings. The first-order valence-corrected chi connectivity index (χ1v) is 19.7. The molecule has 3 aromatic carbocycles. The standard InChI is InChI=1S/C37H43N3O15P2/c1-38(2)34(41)30-32(54-36(43)26-14-10-12-24(20-26)22-52-56(45,48-6)49-7)33(31(35(42)39(3)4)40(30)28-16-18-29(47-5)19-17-28)55-37(44)27-15-11-13-25(21-27)23-53-57(46,50-8)51-9/h10-21H,22-23H2,1-9H3. The minimum Gasteiger partial charge on any atom is -0.497 e. The third-order valence-electron chi connectivity index (χ3n) is 8.02. The van der Waals surface area contributed by atoms with Gasteiger partial charge in [-0.2, -0.15) is 0 Å². The lowest BCUT2D eigenvalue weighted by molar-refractivity contribution is 0.0671. The number of aromatic nitrogens is 1. The van der Waals surface area contributed by atoms with Gasteiger partial charge in [0.05, 0.1) is 31.5 Å². The van der Waals surface area contributed by atoms with Crippen molar-refractivity contribution < 1.29 is 69.7 Å². The van der Waals surface area contributed by atoms with Gasteiger partial charge >= 0.3 is 27.6 Å². The summed E-state index contributed by atoms with van der Waals surface area (Å²) in [6.07, 6.45) is 0. The highest BCUT2D eigenvalue weighted by atomic mass is 31.2. The number of rotatable bonds is 18. The van der Waals surface area contributed by atoms with Gasteiger partial charge in [0.15, 0.2) is 11.4 Å². The van der Waals surface area contributed by atoms with Crippen molar-refractivity contribution in [3.8, 4) is 22.9 Å². The van der Waals surface area contributed by atoms with Crippen LogP contribution < -0.4 is 14.2 Å². The van der Waals surface area contributed by atoms with E-state index >= 15 is 0 Å². The van der Waals surface area contributed by atoms with Crippen LogP contribution in [0.4, 0.5) is 0 Å². The topological polar surface area (TPSA) is 197 Å². The highest BCUT2D eigenvalue weighted by Crippen LogP contribution is 2.49. The Labute approximate surface area is 329 Å². The van der Waals surface area contributed by atoms with Crippen LogP contribution in [-0.2, 0) is 49.5 Å². The van der Waals surface area contributed by atoms with Crippen LogP contribution in [0.25, 0.3) is 5.69 Å². The molecule has 0 atom stereocenters. The first-order valence-electron chi connectivity index (χ1n) is 16.7. The molecule has 1 heterocycles. The number of ether oxygens (including phenoxy) is 3. The van der Waals surface area contributed by atoms with Crippen LogP contribution in [0.5, 0.6) is 17.2 Å². The Morgan fingerprint density at radius 3 is 1.30 bits per heavy atom. The van der Waals surface area contributed by atoms with Crippen molar-refractivity contribution >= 4 is 39.4 Å². The molecule has 0 unspecified atom stereocenters. The Hall–Kier alpha value is -5.16. The van der Waals surface area contributed by atoms with Gasteiger partial charge in [0.25, 0.3) is 11.8 Å². The summed E-state index contributed by atoms with van der Waals surface area (Å²) in [7, 11) is 4.10. The lowest BCUT2D eigenvalue weighted by atomic mass is 10.1. The lowest BCUT2D eigenvalue weighted by Gasteiger charge is -2.18. The van der Waals surface area contributed by atoms with E-state index in [-0.39, 0.29) is 41.4 Å². The van der Waals surface area contributed by atoms with Gasteiger partial charge in [-0.3, -0.25) is 41.3 Å². The van der Waals surface area contributed by atoms with Gasteiger partial charge in [-0.05, 0) is 59.7 Å². The molecule has 57 heavy (non-hydrogen) atoms. The second-order valence-electron chi connectivity index (χ2n) is 12.1. The van der Waals surface area contributed by atoms with Crippen LogP contribution in [0.15, 0.2) is 72.8 Å². The van der Waals surface area contributed by atoms with Crippen LogP contribution >= 0.6 is 15.6 Å². The summed E-state index contributed by atoms with van der Waals surface area (Å²) < 4.78 is 73.2. The zero-order valence-electron chi connectivity index (χ0n) is 32.7. The molecule has 1 aromatic heterocycles. The number of methoxy groups -OCH3 is 1. The SMILES string of the molecule is COc1ccc(-n2c(C(=O)N(C)C)c(OC(=O)c3cccc(COP(=O)(OC)OC)c3)c(OC(=O)c3cccc(COP(=O)(OC)OC)c3)c2C(=O)N(C)C)cc1. The molecular weight excluding hydrogens is 788 g/mol. The molecule has 0 N–H and O–H groups in total. The van der Waals surface area contributed by atoms with E-state index in [1.54, 1.807) is 36.4 Å². The van der Waals surface area contributed by atoms with Gasteiger partial charge in [-0.25, -0.2) is 18.7 Å². The number of amides is 2. The number of phosphoric ester groups is 2. The maximum absolute atomic E-state index is 14.2. The zero-order chi connectivity index (χ0) is 42.1. The van der Waals surface area contributed by atoms with Crippen LogP contribution in [0.1, 0.15) is 52.8 Å². The molecule has 0 saturated heterocycles. The summed E-state index contributed by atoms with van der Waals surface area (Å²) in [6.45, 7) is -0.581. The molecular formula is C37H43N3O15P2. The second-order valence-corrected chi connectivity index (χ2v) is 15.9. The molecule has 2 amide bonds. The fraction of sp³-hybridized carbons (Fsp3) is 0.297. The Bertz CT molecular complexity index is 2060. The largest absolute Gasteiger partial charge is 0.497 e. The van der Waals surface area contributed by atoms with Gasteiger partial charge in [-0.15, -0.1) is 0 Å². The van der Waals surface area contributed by atoms with E-state index in [4.69, 9.17) is 41.4 Å². The number of esters is 2. The molecule has 0 spiro atoms. The van der Waals surface area contributed by atoms with Crippen molar-refractivity contribution in [1.29, 1.82) is 0 Å². The summed E-state index contributed by atoms with van der Waals surface area (Å²) in [4.78, 5) is 58.7. The Kier molecular flexibility index (Phi) is 15.1. The molecule has 18 nitrogen and oxygen atoms in total. The highest BCUT2D eigenvalue weighted by molar-refractivity contribution is 7.48. The monoisotopic (exact) mass is 831 g/mol. The van der Waals surface area contributed by atoms with Gasteiger partial charge in [-0.1, -0.05) is 24.3 Å². The number of phosphoric acid groups is 2. The smallest absolute Gasteiger partial charge is 0.474 e. The van der Waals surface area contributed by atoms with Crippen molar-refractivity contribution in [3.05, 3.63) is 106 Å². The van der Waals surface area contributed by atoms with Crippen molar-refractivity contribution in [1.82, 2.24) is 14.4 Å². The minimum atomic E-state index is -3.87. The molecule has 0 aliphatic carbocycles. The quantitative estimate of drug-likeness (QED) is 0.0815. The number of hydrogen-bond donors (Lipinski definition) is 0. The van der Waals surface area contributed by atoms with E-state index in [0.29, 0.717) is 16.9 Å². The first-order chi connectivity index (χ1) is 27.0. The minimum absolute atomic E-state index is 0.0592. The van der Waals surface area contributed by atoms with Crippen molar-refractivity contribution in [2.75, 3.05) is 63.7 Å². The highest BCUT2D eigenvalue weighted by Gasteiger charge is 2.38. The molecule has 0 aliphatic heterocycles. The lowest BCUT2D eigenvalue weighted by Crippen LogP contribution is -2.28. The first kappa shape index (κ1) is 44.6. The van der Waals surface area contributed by atoms with Crippen molar-refractivity contribution in [2.24, 2.45) is 0 Å². The predicted molar refractivity (Wildman–Crippen MR) is 204 cm³/mol. The van der Waals surface area contributed by atoms with E-state index in [1.165, 1.54) is 86.1 Å². The van der Waals surface area contributed by atoms with E-state index in [0.717, 1.165) is 28.4 Å². The average Bonchev–Trinajstić information content (AvgIpc) is 3.53. The number of benzene rings is 3. The summed E-state index contributed by atoms with van der Waals surface area (Å²) in [5.41, 5.74) is 0.169. The summed E-state index contributed by atoms with van der Waals surface area (Å²) in [5, 5.41) is 0. The summed E-state index contributed by atoms with van der Waals surface area (Å²) >= 11 is 0. The molecule has 306 valence electrons. The molecule has 0 saturated carbocycles. The molecule has 0 radical (unpaired) electrons. The van der Waals surface area contributed by atoms with Gasteiger partial charge < -0.3 is 24.0 Å². The van der Waals surface area contributed by atoms with E-state index < -0.39 is 50.9 Å². The number of hydrogen-bond acceptors (Lipinski definition) is 15. The van der Waals surface area contributed by atoms with Gasteiger partial charge in [0, 0.05) is 62.3 Å². The molecule has 0 fully saturated rings. The van der Waals surface area contributed by atoms with Gasteiger partial charge in [0.2, 0.25) is 11.5 Å². The normalized spacial score (nSPS) is 11.5. The summed E-state index contributed by atoms with van der Waals surface area (Å²) in [6, 6.07) is 18.0. The predicted octanol–water partition coefficient (Wildman–Crippen LogP) is 6.16. The molecule has 4 rings (SSSR count). The number of carbonyl (C=O) groups is 4. The third-order valence-corrected chi connectivity index (χ3v) is 10.7. The van der Waals surface area contributed by atoms with Crippen LogP contribution in [0, 0.1) is 0 Å². The fourth-order valence-electron chi connectivity index (χ4n) is 5.06. The maximum atomic E-state index is 14.2. The second kappa shape index (κ2) is 19.3. The Morgan fingerprint density at radius 2 is 0.965 bits per heavy atom. The maximum Gasteiger partial charge on any atom is 0.474 e. The van der Waals surface area contributed by atoms with E-state index in [1.807, 2.05) is 0 Å². The van der Waals surface area contributed by atoms with Crippen LogP contribution in [0.3, 0.4) is 0 Å². The van der Waals surface area contributed by atoms with Crippen molar-refractivity contribution in [2.45, 2.75) is 13.2 Å². The van der Waals surface area contributed by atoms with Crippen LogP contribution in [0.2, 0.25) is 0 Å². The van der Waals surface area contributed by atoms with Crippen LogP contribution in [-0.4, -0.2) is 102 Å². The molecule has 20 heteroatoms. The van der Waals surface area contributed by atoms with E-state index in [9.17, 15) is 28.3 Å². The zero-order valence-corrected chi connectivity index (χ0v) is 34.5. The Morgan fingerprint density at radius 1 is 0.579 bits per heavy atom.